The van der Waals surface area contributed by atoms with E-state index in [9.17, 15) is 0 Å². The molecule has 0 atom stereocenters. The van der Waals surface area contributed by atoms with Crippen molar-refractivity contribution >= 4 is 0 Å². The van der Waals surface area contributed by atoms with Crippen molar-refractivity contribution in [3.05, 3.63) is 12.7 Å². The van der Waals surface area contributed by atoms with Crippen LogP contribution in [0.5, 0.6) is 0 Å². The van der Waals surface area contributed by atoms with Crippen molar-refractivity contribution in [1.82, 2.24) is 5.32 Å². The van der Waals surface area contributed by atoms with E-state index < -0.39 is 0 Å². The Kier molecular flexibility index (Phi) is 61.6. The predicted octanol–water partition coefficient (Wildman–Crippen LogP) is 2.83. The van der Waals surface area contributed by atoms with E-state index in [1.807, 2.05) is 27.8 Å². The van der Waals surface area contributed by atoms with Gasteiger partial charge in [-0.05, 0) is 26.9 Å². The topological polar surface area (TPSA) is 12.0 Å². The van der Waals surface area contributed by atoms with Crippen LogP contribution in [0.25, 0.3) is 0 Å². The highest BCUT2D eigenvalue weighted by Gasteiger charge is 1.64. The normalized spacial score (nSPS) is 6.10. The Balaban J connectivity index is -0.0000000847. The van der Waals surface area contributed by atoms with E-state index in [-0.39, 0.29) is 0 Å². The van der Waals surface area contributed by atoms with Crippen molar-refractivity contribution in [3.63, 3.8) is 0 Å². The van der Waals surface area contributed by atoms with Gasteiger partial charge in [-0.1, -0.05) is 26.8 Å². The number of hydrogen-bond donors (Lipinski definition) is 1. The van der Waals surface area contributed by atoms with Gasteiger partial charge in [0, 0.05) is 0 Å². The molecule has 0 bridgehead atoms. The number of rotatable bonds is 2. The molecule has 0 spiro atoms. The summed E-state index contributed by atoms with van der Waals surface area (Å²) in [5.74, 6) is 0. The Morgan fingerprint density at radius 3 is 1.70 bits per heavy atom. The van der Waals surface area contributed by atoms with Crippen LogP contribution in [0.4, 0.5) is 0 Å². The number of nitrogens with one attached hydrogen (secondary N) is 1. The van der Waals surface area contributed by atoms with Gasteiger partial charge in [0.25, 0.3) is 0 Å². The lowest BCUT2D eigenvalue weighted by Crippen LogP contribution is -2.04. The van der Waals surface area contributed by atoms with Gasteiger partial charge in [-0.15, -0.1) is 6.58 Å². The summed E-state index contributed by atoms with van der Waals surface area (Å²) in [5.41, 5.74) is 0. The molecule has 0 aromatic rings. The minimum Gasteiger partial charge on any atom is -0.320 e. The van der Waals surface area contributed by atoms with Crippen LogP contribution >= 0.6 is 0 Å². The second-order valence-corrected chi connectivity index (χ2v) is 1.51. The first-order chi connectivity index (χ1) is 4.83. The molecule has 1 nitrogen and oxygen atoms in total. The van der Waals surface area contributed by atoms with Crippen LogP contribution in [0.15, 0.2) is 12.7 Å². The second-order valence-electron chi connectivity index (χ2n) is 1.51. The van der Waals surface area contributed by atoms with Gasteiger partial charge in [0.2, 0.25) is 0 Å². The Morgan fingerprint density at radius 1 is 1.40 bits per heavy atom. The monoisotopic (exact) mass is 145 g/mol. The molecular formula is C9H23N. The Bertz CT molecular complexity index is 31.7. The van der Waals surface area contributed by atoms with Crippen molar-refractivity contribution < 1.29 is 0 Å². The summed E-state index contributed by atoms with van der Waals surface area (Å²) < 4.78 is 0. The van der Waals surface area contributed by atoms with E-state index in [0.717, 1.165) is 6.54 Å². The van der Waals surface area contributed by atoms with Crippen LogP contribution in [0.1, 0.15) is 34.1 Å². The summed E-state index contributed by atoms with van der Waals surface area (Å²) >= 11 is 0. The third kappa shape index (κ3) is 120. The maximum absolute atomic E-state index is 3.36. The number of hydrogen-bond acceptors (Lipinski definition) is 1. The van der Waals surface area contributed by atoms with Gasteiger partial charge in [0.1, 0.15) is 0 Å². The number of allylic oxidation sites excluding steroid dienone is 1. The molecule has 0 heterocycles. The maximum atomic E-state index is 3.36. The van der Waals surface area contributed by atoms with E-state index in [0.29, 0.717) is 0 Å². The quantitative estimate of drug-likeness (QED) is 0.589. The standard InChI is InChI=1S/C4H11N.C3H6.C2H6/c1-3-4-5-2;1-3-2;1-2/h5H,3-4H2,1-2H3;3H,1H2,2H3;1-2H3. The minimum absolute atomic E-state index is 1.14. The highest BCUT2D eigenvalue weighted by atomic mass is 14.8. The summed E-state index contributed by atoms with van der Waals surface area (Å²) in [7, 11) is 1.96. The summed E-state index contributed by atoms with van der Waals surface area (Å²) in [6, 6.07) is 0. The third-order valence-electron chi connectivity index (χ3n) is 0.500. The molecule has 0 unspecified atom stereocenters. The molecule has 0 aromatic heterocycles. The van der Waals surface area contributed by atoms with E-state index >= 15 is 0 Å². The fourth-order valence-corrected chi connectivity index (χ4v) is 0.250. The fourth-order valence-electron chi connectivity index (χ4n) is 0.250. The molecule has 1 heteroatoms. The molecule has 64 valence electrons. The van der Waals surface area contributed by atoms with Gasteiger partial charge in [-0.2, -0.15) is 0 Å². The zero-order chi connectivity index (χ0) is 8.83. The van der Waals surface area contributed by atoms with Crippen molar-refractivity contribution in [3.8, 4) is 0 Å². The smallest absolute Gasteiger partial charge is 0.00546 e. The average molecular weight is 145 g/mol. The van der Waals surface area contributed by atoms with Gasteiger partial charge >= 0.3 is 0 Å². The van der Waals surface area contributed by atoms with Crippen LogP contribution in [0, 0.1) is 0 Å². The molecule has 0 aliphatic heterocycles. The molecule has 0 aliphatic carbocycles. The Morgan fingerprint density at radius 2 is 1.70 bits per heavy atom. The maximum Gasteiger partial charge on any atom is -0.00546 e. The first-order valence-electron chi connectivity index (χ1n) is 4.05. The van der Waals surface area contributed by atoms with Gasteiger partial charge in [-0.3, -0.25) is 0 Å². The van der Waals surface area contributed by atoms with Gasteiger partial charge in [-0.25, -0.2) is 0 Å². The molecule has 0 radical (unpaired) electrons. The van der Waals surface area contributed by atoms with Gasteiger partial charge in [0.15, 0.2) is 0 Å². The lowest BCUT2D eigenvalue weighted by Gasteiger charge is -1.84. The lowest BCUT2D eigenvalue weighted by molar-refractivity contribution is 0.772. The van der Waals surface area contributed by atoms with Crippen LogP contribution in [-0.2, 0) is 0 Å². The average Bonchev–Trinajstić information content (AvgIpc) is 1.96. The van der Waals surface area contributed by atoms with Crippen molar-refractivity contribution in [2.75, 3.05) is 13.6 Å². The molecule has 0 saturated carbocycles. The minimum atomic E-state index is 1.14. The summed E-state index contributed by atoms with van der Waals surface area (Å²) in [6.07, 6.45) is 2.98. The molecule has 0 saturated heterocycles. The predicted molar refractivity (Wildman–Crippen MR) is 51.4 cm³/mol. The largest absolute Gasteiger partial charge is 0.320 e. The summed E-state index contributed by atoms with van der Waals surface area (Å²) in [5, 5.41) is 3.02. The van der Waals surface area contributed by atoms with Crippen molar-refractivity contribution in [2.24, 2.45) is 0 Å². The second kappa shape index (κ2) is 37.7. The molecular weight excluding hydrogens is 122 g/mol. The zero-order valence-corrected chi connectivity index (χ0v) is 8.20. The van der Waals surface area contributed by atoms with E-state index in [2.05, 4.69) is 18.8 Å². The Labute approximate surface area is 66.5 Å². The van der Waals surface area contributed by atoms with Crippen LogP contribution in [0.3, 0.4) is 0 Å². The highest BCUT2D eigenvalue weighted by Crippen LogP contribution is 1.62. The lowest BCUT2D eigenvalue weighted by atomic mass is 10.5. The first-order valence-corrected chi connectivity index (χ1v) is 4.05. The summed E-state index contributed by atoms with van der Waals surface area (Å²) in [4.78, 5) is 0. The van der Waals surface area contributed by atoms with Crippen LogP contribution in [-0.4, -0.2) is 13.6 Å². The third-order valence-corrected chi connectivity index (χ3v) is 0.500. The van der Waals surface area contributed by atoms with Crippen LogP contribution in [0.2, 0.25) is 0 Å². The summed E-state index contributed by atoms with van der Waals surface area (Å²) in [6.45, 7) is 12.5. The van der Waals surface area contributed by atoms with E-state index in [1.165, 1.54) is 6.42 Å². The Hall–Kier alpha value is -0.300. The fraction of sp³-hybridized carbons (Fsp3) is 0.778. The van der Waals surface area contributed by atoms with Gasteiger partial charge < -0.3 is 5.32 Å². The van der Waals surface area contributed by atoms with E-state index in [1.54, 1.807) is 6.08 Å². The highest BCUT2D eigenvalue weighted by molar-refractivity contribution is 4.51. The first kappa shape index (κ1) is 16.4. The van der Waals surface area contributed by atoms with Gasteiger partial charge in [0.05, 0.1) is 0 Å². The molecule has 0 rings (SSSR count). The van der Waals surface area contributed by atoms with Crippen LogP contribution < -0.4 is 5.32 Å². The van der Waals surface area contributed by atoms with Crippen molar-refractivity contribution in [2.45, 2.75) is 34.1 Å². The zero-order valence-electron chi connectivity index (χ0n) is 8.20. The molecule has 10 heavy (non-hydrogen) atoms. The SMILES string of the molecule is C=CC.CC.CCCNC. The molecule has 0 fully saturated rings. The molecule has 0 aromatic carbocycles. The molecule has 1 N–H and O–H groups in total. The molecule has 0 aliphatic rings. The van der Waals surface area contributed by atoms with Crippen molar-refractivity contribution in [1.29, 1.82) is 0 Å². The molecule has 0 amide bonds. The van der Waals surface area contributed by atoms with E-state index in [4.69, 9.17) is 0 Å².